The lowest BCUT2D eigenvalue weighted by Crippen LogP contribution is -2.30. The minimum absolute atomic E-state index is 0.0334. The average molecular weight is 280 g/mol. The molecule has 1 aromatic heterocycles. The molecule has 0 amide bonds. The van der Waals surface area contributed by atoms with E-state index in [1.54, 1.807) is 0 Å². The number of terminal acetylenes is 1. The fourth-order valence-corrected chi connectivity index (χ4v) is 2.08. The predicted molar refractivity (Wildman–Crippen MR) is 70.3 cm³/mol. The van der Waals surface area contributed by atoms with E-state index in [0.29, 0.717) is 5.56 Å². The maximum atomic E-state index is 11.8. The highest BCUT2D eigenvalue weighted by molar-refractivity contribution is 5.42. The zero-order chi connectivity index (χ0) is 14.9. The van der Waals surface area contributed by atoms with Gasteiger partial charge in [0.05, 0.1) is 18.8 Å². The Hall–Kier alpha value is -1.92. The van der Waals surface area contributed by atoms with Gasteiger partial charge in [-0.25, -0.2) is 4.79 Å². The van der Waals surface area contributed by atoms with E-state index in [1.807, 2.05) is 0 Å². The average Bonchev–Trinajstić information content (AvgIpc) is 2.79. The molecule has 8 heteroatoms. The van der Waals surface area contributed by atoms with Crippen LogP contribution >= 0.6 is 0 Å². The van der Waals surface area contributed by atoms with Crippen molar-refractivity contribution in [3.05, 3.63) is 22.2 Å². The van der Waals surface area contributed by atoms with Crippen LogP contribution in [0.3, 0.4) is 0 Å². The molecule has 1 saturated heterocycles. The number of nitrogens with two attached hydrogens (primary N) is 2. The predicted octanol–water partition coefficient (Wildman–Crippen LogP) is -1.90. The summed E-state index contributed by atoms with van der Waals surface area (Å²) in [6, 6.07) is -0.797. The summed E-state index contributed by atoms with van der Waals surface area (Å²) >= 11 is 0. The Morgan fingerprint density at radius 2 is 2.40 bits per heavy atom. The van der Waals surface area contributed by atoms with Crippen LogP contribution in [-0.4, -0.2) is 38.6 Å². The molecule has 6 N–H and O–H groups in total. The van der Waals surface area contributed by atoms with Crippen LogP contribution in [0.4, 0.5) is 5.82 Å². The van der Waals surface area contributed by atoms with Crippen LogP contribution in [0.15, 0.2) is 11.0 Å². The molecule has 0 bridgehead atoms. The van der Waals surface area contributed by atoms with E-state index in [4.69, 9.17) is 27.7 Å². The van der Waals surface area contributed by atoms with Crippen molar-refractivity contribution >= 4 is 5.82 Å². The minimum atomic E-state index is -0.862. The zero-order valence-corrected chi connectivity index (χ0v) is 10.6. The molecule has 108 valence electrons. The zero-order valence-electron chi connectivity index (χ0n) is 10.6. The normalized spacial score (nSPS) is 27.2. The molecule has 0 radical (unpaired) electrons. The smallest absolute Gasteiger partial charge is 0.351 e. The Bertz CT molecular complexity index is 594. The van der Waals surface area contributed by atoms with Crippen LogP contribution in [0.2, 0.25) is 0 Å². The van der Waals surface area contributed by atoms with Crippen molar-refractivity contribution in [3.63, 3.8) is 0 Å². The van der Waals surface area contributed by atoms with Crippen molar-refractivity contribution in [3.8, 4) is 12.3 Å². The number of nitrogen functional groups attached to an aromatic ring is 1. The highest BCUT2D eigenvalue weighted by atomic mass is 16.5. The van der Waals surface area contributed by atoms with Gasteiger partial charge in [0.1, 0.15) is 18.1 Å². The van der Waals surface area contributed by atoms with E-state index >= 15 is 0 Å². The van der Waals surface area contributed by atoms with Crippen LogP contribution in [0.25, 0.3) is 0 Å². The van der Waals surface area contributed by atoms with Gasteiger partial charge in [0.15, 0.2) is 0 Å². The Morgan fingerprint density at radius 3 is 2.95 bits per heavy atom. The SMILES string of the molecule is C#CC(N)c1cn([C@H]2C[C@H](O)[C@@H](CO)O2)c(=O)nc1N. The first-order chi connectivity index (χ1) is 9.47. The number of hydrogen-bond acceptors (Lipinski definition) is 7. The Balaban J connectivity index is 2.38. The second kappa shape index (κ2) is 5.60. The van der Waals surface area contributed by atoms with Gasteiger partial charge in [-0.05, 0) is 0 Å². The van der Waals surface area contributed by atoms with Crippen LogP contribution in [0.1, 0.15) is 24.3 Å². The molecule has 0 aromatic carbocycles. The van der Waals surface area contributed by atoms with E-state index < -0.39 is 30.2 Å². The minimum Gasteiger partial charge on any atom is -0.394 e. The summed E-state index contributed by atoms with van der Waals surface area (Å²) in [5, 5.41) is 18.7. The molecule has 4 atom stereocenters. The second-order valence-electron chi connectivity index (χ2n) is 4.53. The van der Waals surface area contributed by atoms with Gasteiger partial charge in [-0.15, -0.1) is 6.42 Å². The molecule has 1 aromatic rings. The van der Waals surface area contributed by atoms with Crippen molar-refractivity contribution in [2.45, 2.75) is 30.9 Å². The third-order valence-electron chi connectivity index (χ3n) is 3.22. The first-order valence-corrected chi connectivity index (χ1v) is 6.02. The summed E-state index contributed by atoms with van der Waals surface area (Å²) in [6.07, 6.45) is 4.42. The molecule has 2 heterocycles. The standard InChI is InChI=1S/C12H16N4O4/c1-2-7(13)6-4-16(12(19)15-11(6)14)10-3-8(18)9(5-17)20-10/h1,4,7-10,17-18H,3,5,13H2,(H2,14,15,19)/t7?,8-,9+,10+/m0/s1. The topological polar surface area (TPSA) is 137 Å². The van der Waals surface area contributed by atoms with E-state index in [1.165, 1.54) is 10.8 Å². The van der Waals surface area contributed by atoms with E-state index in [0.717, 1.165) is 0 Å². The molecule has 1 aliphatic heterocycles. The van der Waals surface area contributed by atoms with Gasteiger partial charge in [0.25, 0.3) is 0 Å². The van der Waals surface area contributed by atoms with Gasteiger partial charge >= 0.3 is 5.69 Å². The van der Waals surface area contributed by atoms with Crippen LogP contribution < -0.4 is 17.2 Å². The molecule has 2 rings (SSSR count). The van der Waals surface area contributed by atoms with Crippen LogP contribution in [0, 0.1) is 12.3 Å². The van der Waals surface area contributed by atoms with Crippen molar-refractivity contribution in [2.24, 2.45) is 5.73 Å². The number of ether oxygens (including phenoxy) is 1. The number of nitrogens with zero attached hydrogens (tertiary/aromatic N) is 2. The van der Waals surface area contributed by atoms with Gasteiger partial charge in [-0.3, -0.25) is 4.57 Å². The summed E-state index contributed by atoms with van der Waals surface area (Å²) in [6.45, 7) is -0.342. The van der Waals surface area contributed by atoms with Gasteiger partial charge in [0.2, 0.25) is 0 Å². The molecular formula is C12H16N4O4. The number of aliphatic hydroxyl groups excluding tert-OH is 2. The third-order valence-corrected chi connectivity index (χ3v) is 3.22. The van der Waals surface area contributed by atoms with Crippen molar-refractivity contribution < 1.29 is 14.9 Å². The van der Waals surface area contributed by atoms with Crippen molar-refractivity contribution in [1.82, 2.24) is 9.55 Å². The summed E-state index contributed by atoms with van der Waals surface area (Å²) in [5.74, 6) is 2.27. The van der Waals surface area contributed by atoms with E-state index in [-0.39, 0.29) is 18.8 Å². The van der Waals surface area contributed by atoms with Crippen molar-refractivity contribution in [2.75, 3.05) is 12.3 Å². The first kappa shape index (κ1) is 14.5. The summed E-state index contributed by atoms with van der Waals surface area (Å²) < 4.78 is 6.56. The molecule has 8 nitrogen and oxygen atoms in total. The molecule has 1 fully saturated rings. The summed E-state index contributed by atoms with van der Waals surface area (Å²) in [5.41, 5.74) is 11.0. The molecule has 20 heavy (non-hydrogen) atoms. The first-order valence-electron chi connectivity index (χ1n) is 6.02. The molecular weight excluding hydrogens is 264 g/mol. The monoisotopic (exact) mass is 280 g/mol. The van der Waals surface area contributed by atoms with Gasteiger partial charge in [-0.1, -0.05) is 5.92 Å². The number of aromatic nitrogens is 2. The number of anilines is 1. The lowest BCUT2D eigenvalue weighted by atomic mass is 10.1. The quantitative estimate of drug-likeness (QED) is 0.474. The number of hydrogen-bond donors (Lipinski definition) is 4. The van der Waals surface area contributed by atoms with Crippen molar-refractivity contribution in [1.29, 1.82) is 0 Å². The highest BCUT2D eigenvalue weighted by Crippen LogP contribution is 2.28. The largest absolute Gasteiger partial charge is 0.394 e. The Kier molecular flexibility index (Phi) is 4.06. The van der Waals surface area contributed by atoms with Gasteiger partial charge in [0, 0.05) is 18.2 Å². The Labute approximate surface area is 115 Å². The molecule has 0 spiro atoms. The maximum absolute atomic E-state index is 11.8. The molecule has 0 aliphatic carbocycles. The molecule has 1 aliphatic rings. The summed E-state index contributed by atoms with van der Waals surface area (Å²) in [4.78, 5) is 15.5. The number of aliphatic hydroxyl groups is 2. The van der Waals surface area contributed by atoms with Crippen LogP contribution in [-0.2, 0) is 4.74 Å². The fourth-order valence-electron chi connectivity index (χ4n) is 2.08. The van der Waals surface area contributed by atoms with Gasteiger partial charge < -0.3 is 26.4 Å². The van der Waals surface area contributed by atoms with Gasteiger partial charge in [-0.2, -0.15) is 4.98 Å². The number of rotatable bonds is 3. The highest BCUT2D eigenvalue weighted by Gasteiger charge is 2.35. The lowest BCUT2D eigenvalue weighted by molar-refractivity contribution is -0.0459. The van der Waals surface area contributed by atoms with E-state index in [9.17, 15) is 9.90 Å². The summed E-state index contributed by atoms with van der Waals surface area (Å²) in [7, 11) is 0. The van der Waals surface area contributed by atoms with E-state index in [2.05, 4.69) is 10.9 Å². The third kappa shape index (κ3) is 2.52. The fraction of sp³-hybridized carbons (Fsp3) is 0.500. The molecule has 0 saturated carbocycles. The second-order valence-corrected chi connectivity index (χ2v) is 4.53. The Morgan fingerprint density at radius 1 is 1.70 bits per heavy atom. The van der Waals surface area contributed by atoms with Crippen LogP contribution in [0.5, 0.6) is 0 Å². The maximum Gasteiger partial charge on any atom is 0.351 e. The lowest BCUT2D eigenvalue weighted by Gasteiger charge is -2.17. The molecule has 1 unspecified atom stereocenters.